The first kappa shape index (κ1) is 14.2. The summed E-state index contributed by atoms with van der Waals surface area (Å²) in [6, 6.07) is 9.09. The third kappa shape index (κ3) is 2.08. The molecule has 0 aromatic heterocycles. The van der Waals surface area contributed by atoms with Gasteiger partial charge < -0.3 is 0 Å². The molecule has 1 atom stereocenters. The number of benzene rings is 1. The Morgan fingerprint density at radius 3 is 2.11 bits per heavy atom. The van der Waals surface area contributed by atoms with Gasteiger partial charge in [-0.3, -0.25) is 10.1 Å². The van der Waals surface area contributed by atoms with E-state index in [1.807, 2.05) is 26.0 Å². The van der Waals surface area contributed by atoms with Gasteiger partial charge in [0.25, 0.3) is 0 Å². The summed E-state index contributed by atoms with van der Waals surface area (Å²) < 4.78 is 0. The highest BCUT2D eigenvalue weighted by atomic mass is 16.6. The first-order valence-electron chi connectivity index (χ1n) is 5.94. The zero-order chi connectivity index (χ0) is 14.0. The van der Waals surface area contributed by atoms with Crippen LogP contribution in [0.3, 0.4) is 0 Å². The van der Waals surface area contributed by atoms with Crippen LogP contribution >= 0.6 is 0 Å². The average Bonchev–Trinajstić information content (AvgIpc) is 2.37. The van der Waals surface area contributed by atoms with Crippen LogP contribution in [-0.4, -0.2) is 10.5 Å². The molecule has 0 spiro atoms. The molecule has 0 aliphatic carbocycles. The van der Waals surface area contributed by atoms with E-state index in [1.54, 1.807) is 26.0 Å². The molecule has 4 nitrogen and oxygen atoms in total. The van der Waals surface area contributed by atoms with Crippen LogP contribution in [-0.2, 0) is 5.41 Å². The summed E-state index contributed by atoms with van der Waals surface area (Å²) in [5, 5.41) is 20.1. The second kappa shape index (κ2) is 4.77. The third-order valence-electron chi connectivity index (χ3n) is 4.16. The number of nitro groups is 1. The van der Waals surface area contributed by atoms with Crippen molar-refractivity contribution >= 4 is 0 Å². The van der Waals surface area contributed by atoms with Crippen LogP contribution in [0, 0.1) is 21.4 Å². The monoisotopic (exact) mass is 246 g/mol. The van der Waals surface area contributed by atoms with E-state index in [0.717, 1.165) is 5.56 Å². The Morgan fingerprint density at radius 2 is 1.78 bits per heavy atom. The Kier molecular flexibility index (Phi) is 3.76. The maximum absolute atomic E-state index is 11.3. The van der Waals surface area contributed by atoms with Crippen molar-refractivity contribution in [2.75, 3.05) is 0 Å². The Balaban J connectivity index is 3.31. The summed E-state index contributed by atoms with van der Waals surface area (Å²) in [7, 11) is 0. The minimum Gasteiger partial charge on any atom is -0.264 e. The lowest BCUT2D eigenvalue weighted by Crippen LogP contribution is -2.50. The highest BCUT2D eigenvalue weighted by Gasteiger charge is 2.50. The van der Waals surface area contributed by atoms with Crippen molar-refractivity contribution in [2.45, 2.75) is 45.1 Å². The molecule has 4 heteroatoms. The fourth-order valence-corrected chi connectivity index (χ4v) is 2.10. The number of rotatable bonds is 4. The van der Waals surface area contributed by atoms with Crippen molar-refractivity contribution in [3.8, 4) is 6.07 Å². The van der Waals surface area contributed by atoms with Crippen molar-refractivity contribution in [1.82, 2.24) is 0 Å². The van der Waals surface area contributed by atoms with Crippen LogP contribution in [0.15, 0.2) is 24.3 Å². The first-order chi connectivity index (χ1) is 8.29. The van der Waals surface area contributed by atoms with Gasteiger partial charge in [-0.25, -0.2) is 0 Å². The summed E-state index contributed by atoms with van der Waals surface area (Å²) in [6.07, 6.45) is 0.660. The molecule has 0 N–H and O–H groups in total. The van der Waals surface area contributed by atoms with Gasteiger partial charge in [0.1, 0.15) is 0 Å². The number of hydrogen-bond acceptors (Lipinski definition) is 3. The molecule has 0 bridgehead atoms. The van der Waals surface area contributed by atoms with Crippen LogP contribution in [0.5, 0.6) is 0 Å². The number of nitriles is 1. The van der Waals surface area contributed by atoms with E-state index in [2.05, 4.69) is 6.07 Å². The lowest BCUT2D eigenvalue weighted by molar-refractivity contribution is -0.574. The molecular weight excluding hydrogens is 228 g/mol. The maximum atomic E-state index is 11.3. The third-order valence-corrected chi connectivity index (χ3v) is 4.16. The van der Waals surface area contributed by atoms with E-state index in [-0.39, 0.29) is 4.92 Å². The standard InChI is InChI=1S/C14H18N2O2/c1-5-14(4,13(2,3)16(17)18)12-8-6-11(10-15)7-9-12/h6-9H,5H2,1-4H3. The van der Waals surface area contributed by atoms with Crippen LogP contribution in [0.25, 0.3) is 0 Å². The van der Waals surface area contributed by atoms with Gasteiger partial charge in [-0.05, 0) is 31.0 Å². The summed E-state index contributed by atoms with van der Waals surface area (Å²) >= 11 is 0. The number of hydrogen-bond donors (Lipinski definition) is 0. The Morgan fingerprint density at radius 1 is 1.28 bits per heavy atom. The molecule has 0 fully saturated rings. The summed E-state index contributed by atoms with van der Waals surface area (Å²) in [6.45, 7) is 7.14. The quantitative estimate of drug-likeness (QED) is 0.604. The fourth-order valence-electron chi connectivity index (χ4n) is 2.10. The Bertz CT molecular complexity index is 486. The molecule has 18 heavy (non-hydrogen) atoms. The Labute approximate surface area is 107 Å². The maximum Gasteiger partial charge on any atom is 0.226 e. The molecule has 1 unspecified atom stereocenters. The zero-order valence-corrected chi connectivity index (χ0v) is 11.2. The molecule has 0 heterocycles. The van der Waals surface area contributed by atoms with E-state index in [9.17, 15) is 10.1 Å². The first-order valence-corrected chi connectivity index (χ1v) is 5.94. The van der Waals surface area contributed by atoms with Gasteiger partial charge >= 0.3 is 0 Å². The highest BCUT2D eigenvalue weighted by molar-refractivity contribution is 5.36. The minimum absolute atomic E-state index is 0.227. The van der Waals surface area contributed by atoms with Gasteiger partial charge in [0.15, 0.2) is 0 Å². The molecule has 0 radical (unpaired) electrons. The second-order valence-electron chi connectivity index (χ2n) is 5.19. The topological polar surface area (TPSA) is 66.9 Å². The molecule has 1 aromatic rings. The van der Waals surface area contributed by atoms with Gasteiger partial charge in [0.05, 0.1) is 17.0 Å². The molecule has 0 saturated carbocycles. The predicted octanol–water partition coefficient (Wildman–Crippen LogP) is 3.28. The van der Waals surface area contributed by atoms with Crippen molar-refractivity contribution in [3.05, 3.63) is 45.5 Å². The lowest BCUT2D eigenvalue weighted by Gasteiger charge is -2.37. The van der Waals surface area contributed by atoms with Gasteiger partial charge in [-0.2, -0.15) is 5.26 Å². The van der Waals surface area contributed by atoms with Crippen LogP contribution in [0.4, 0.5) is 0 Å². The molecule has 96 valence electrons. The molecule has 0 aliphatic rings. The van der Waals surface area contributed by atoms with Crippen molar-refractivity contribution in [2.24, 2.45) is 0 Å². The van der Waals surface area contributed by atoms with E-state index in [4.69, 9.17) is 5.26 Å². The Hall–Kier alpha value is -1.89. The van der Waals surface area contributed by atoms with Crippen LogP contribution in [0.1, 0.15) is 45.2 Å². The second-order valence-corrected chi connectivity index (χ2v) is 5.19. The molecule has 1 aromatic carbocycles. The average molecular weight is 246 g/mol. The van der Waals surface area contributed by atoms with E-state index in [1.165, 1.54) is 0 Å². The predicted molar refractivity (Wildman–Crippen MR) is 69.9 cm³/mol. The van der Waals surface area contributed by atoms with Gasteiger partial charge in [0, 0.05) is 18.8 Å². The van der Waals surface area contributed by atoms with E-state index >= 15 is 0 Å². The van der Waals surface area contributed by atoms with Crippen LogP contribution in [0.2, 0.25) is 0 Å². The molecule has 0 amide bonds. The molecule has 0 aliphatic heterocycles. The largest absolute Gasteiger partial charge is 0.264 e. The summed E-state index contributed by atoms with van der Waals surface area (Å²) in [5.41, 5.74) is -0.165. The highest BCUT2D eigenvalue weighted by Crippen LogP contribution is 2.40. The van der Waals surface area contributed by atoms with E-state index in [0.29, 0.717) is 12.0 Å². The van der Waals surface area contributed by atoms with E-state index < -0.39 is 11.0 Å². The summed E-state index contributed by atoms with van der Waals surface area (Å²) in [5.74, 6) is 0. The lowest BCUT2D eigenvalue weighted by atomic mass is 9.67. The zero-order valence-electron chi connectivity index (χ0n) is 11.2. The normalized spacial score (nSPS) is 14.6. The fraction of sp³-hybridized carbons (Fsp3) is 0.500. The molecular formula is C14H18N2O2. The van der Waals surface area contributed by atoms with Crippen LogP contribution < -0.4 is 0 Å². The van der Waals surface area contributed by atoms with Crippen molar-refractivity contribution < 1.29 is 4.92 Å². The van der Waals surface area contributed by atoms with Crippen molar-refractivity contribution in [3.63, 3.8) is 0 Å². The number of nitrogens with zero attached hydrogens (tertiary/aromatic N) is 2. The minimum atomic E-state index is -1.06. The smallest absolute Gasteiger partial charge is 0.226 e. The van der Waals surface area contributed by atoms with Gasteiger partial charge in [0.2, 0.25) is 5.54 Å². The van der Waals surface area contributed by atoms with Crippen molar-refractivity contribution in [1.29, 1.82) is 5.26 Å². The molecule has 1 rings (SSSR count). The summed E-state index contributed by atoms with van der Waals surface area (Å²) in [4.78, 5) is 11.0. The van der Waals surface area contributed by atoms with Gasteiger partial charge in [-0.1, -0.05) is 19.1 Å². The van der Waals surface area contributed by atoms with Gasteiger partial charge in [-0.15, -0.1) is 0 Å². The SMILES string of the molecule is CCC(C)(c1ccc(C#N)cc1)C(C)(C)[N+](=O)[O-]. The molecule has 0 saturated heterocycles.